The zero-order chi connectivity index (χ0) is 15.4. The summed E-state index contributed by atoms with van der Waals surface area (Å²) < 4.78 is 5.07. The van der Waals surface area contributed by atoms with E-state index in [9.17, 15) is 4.79 Å². The molecule has 0 aliphatic rings. The third kappa shape index (κ3) is 3.13. The molecule has 0 bridgehead atoms. The van der Waals surface area contributed by atoms with Gasteiger partial charge in [-0.25, -0.2) is 4.79 Å². The van der Waals surface area contributed by atoms with E-state index >= 15 is 0 Å². The Kier molecular flexibility index (Phi) is 4.42. The molecule has 0 radical (unpaired) electrons. The Morgan fingerprint density at radius 1 is 1.38 bits per heavy atom. The van der Waals surface area contributed by atoms with Crippen molar-refractivity contribution in [1.82, 2.24) is 4.98 Å². The second kappa shape index (κ2) is 6.26. The molecule has 2 aromatic rings. The highest BCUT2D eigenvalue weighted by Gasteiger charge is 2.14. The molecule has 0 aliphatic heterocycles. The van der Waals surface area contributed by atoms with Crippen LogP contribution in [0.15, 0.2) is 30.5 Å². The van der Waals surface area contributed by atoms with Gasteiger partial charge in [0.25, 0.3) is 0 Å². The van der Waals surface area contributed by atoms with Crippen LogP contribution in [-0.2, 0) is 4.74 Å². The minimum absolute atomic E-state index is 0.330. The summed E-state index contributed by atoms with van der Waals surface area (Å²) in [7, 11) is 1.74. The third-order valence-corrected chi connectivity index (χ3v) is 3.24. The summed E-state index contributed by atoms with van der Waals surface area (Å²) in [6, 6.07) is 7.43. The fraction of sp³-hybridized carbons (Fsp3) is 0.250. The number of aromatic nitrogens is 1. The van der Waals surface area contributed by atoms with Crippen LogP contribution in [0.5, 0.6) is 0 Å². The van der Waals surface area contributed by atoms with Crippen molar-refractivity contribution < 1.29 is 9.53 Å². The number of carbonyl (C=O) groups excluding carboxylic acids is 1. The number of esters is 1. The van der Waals surface area contributed by atoms with Crippen molar-refractivity contribution >= 4 is 17.3 Å². The van der Waals surface area contributed by atoms with E-state index in [4.69, 9.17) is 10.5 Å². The lowest BCUT2D eigenvalue weighted by molar-refractivity contribution is 0.0527. The average Bonchev–Trinajstić information content (AvgIpc) is 2.49. The Morgan fingerprint density at radius 2 is 2.14 bits per heavy atom. The number of rotatable bonds is 4. The molecule has 0 saturated carbocycles. The predicted octanol–water partition coefficient (Wildman–Crippen LogP) is 2.86. The number of benzene rings is 1. The maximum Gasteiger partial charge on any atom is 0.340 e. The number of anilines is 2. The molecule has 0 aliphatic carbocycles. The van der Waals surface area contributed by atoms with E-state index in [1.165, 1.54) is 0 Å². The largest absolute Gasteiger partial charge is 0.462 e. The molecular weight excluding hydrogens is 266 g/mol. The van der Waals surface area contributed by atoms with Crippen LogP contribution in [-0.4, -0.2) is 24.6 Å². The van der Waals surface area contributed by atoms with Crippen LogP contribution in [0.1, 0.15) is 22.8 Å². The number of nitrogens with two attached hydrogens (primary N) is 1. The summed E-state index contributed by atoms with van der Waals surface area (Å²) in [6.45, 7) is 4.05. The highest BCUT2D eigenvalue weighted by molar-refractivity contribution is 5.96. The Labute approximate surface area is 124 Å². The van der Waals surface area contributed by atoms with Gasteiger partial charge in [-0.15, -0.1) is 0 Å². The van der Waals surface area contributed by atoms with Crippen molar-refractivity contribution in [1.29, 1.82) is 0 Å². The van der Waals surface area contributed by atoms with Crippen LogP contribution in [0.2, 0.25) is 0 Å². The molecule has 110 valence electrons. The van der Waals surface area contributed by atoms with Crippen LogP contribution >= 0.6 is 0 Å². The molecule has 0 unspecified atom stereocenters. The Balaban J connectivity index is 2.48. The molecule has 2 rings (SSSR count). The maximum absolute atomic E-state index is 12.0. The van der Waals surface area contributed by atoms with Crippen molar-refractivity contribution in [3.8, 4) is 11.3 Å². The highest BCUT2D eigenvalue weighted by Crippen LogP contribution is 2.26. The summed E-state index contributed by atoms with van der Waals surface area (Å²) in [5, 5.41) is 2.95. The lowest BCUT2D eigenvalue weighted by Crippen LogP contribution is -2.09. The number of ether oxygens (including phenoxy) is 1. The monoisotopic (exact) mass is 285 g/mol. The topological polar surface area (TPSA) is 77.2 Å². The van der Waals surface area contributed by atoms with Gasteiger partial charge in [-0.05, 0) is 31.5 Å². The van der Waals surface area contributed by atoms with Gasteiger partial charge in [-0.1, -0.05) is 12.1 Å². The number of pyridine rings is 1. The zero-order valence-electron chi connectivity index (χ0n) is 12.4. The lowest BCUT2D eigenvalue weighted by atomic mass is 10.1. The van der Waals surface area contributed by atoms with E-state index in [0.29, 0.717) is 29.2 Å². The molecule has 1 heterocycles. The number of carbonyl (C=O) groups is 1. The predicted molar refractivity (Wildman–Crippen MR) is 84.3 cm³/mol. The number of hydrogen-bond acceptors (Lipinski definition) is 5. The number of nitrogen functional groups attached to an aromatic ring is 1. The lowest BCUT2D eigenvalue weighted by Gasteiger charge is -2.11. The average molecular weight is 285 g/mol. The minimum Gasteiger partial charge on any atom is -0.462 e. The second-order valence-electron chi connectivity index (χ2n) is 4.66. The van der Waals surface area contributed by atoms with Gasteiger partial charge in [0.15, 0.2) is 0 Å². The molecule has 1 aromatic carbocycles. The number of nitrogens with zero attached hydrogens (tertiary/aromatic N) is 1. The van der Waals surface area contributed by atoms with E-state index in [1.807, 2.05) is 25.1 Å². The zero-order valence-corrected chi connectivity index (χ0v) is 12.4. The normalized spacial score (nSPS) is 10.2. The second-order valence-corrected chi connectivity index (χ2v) is 4.66. The highest BCUT2D eigenvalue weighted by atomic mass is 16.5. The molecule has 0 amide bonds. The van der Waals surface area contributed by atoms with E-state index < -0.39 is 0 Å². The fourth-order valence-electron chi connectivity index (χ4n) is 1.99. The van der Waals surface area contributed by atoms with Crippen LogP contribution < -0.4 is 11.1 Å². The van der Waals surface area contributed by atoms with Crippen molar-refractivity contribution in [3.63, 3.8) is 0 Å². The third-order valence-electron chi connectivity index (χ3n) is 3.24. The first-order chi connectivity index (χ1) is 10.1. The van der Waals surface area contributed by atoms with E-state index in [0.717, 1.165) is 11.1 Å². The Bertz CT molecular complexity index is 669. The van der Waals surface area contributed by atoms with E-state index in [-0.39, 0.29) is 5.97 Å². The SMILES string of the molecule is CCOC(=O)c1cc(-c2ccc(C)c(N)c2)ncc1NC. The van der Waals surface area contributed by atoms with Gasteiger partial charge in [0.1, 0.15) is 0 Å². The van der Waals surface area contributed by atoms with Crippen molar-refractivity contribution in [3.05, 3.63) is 41.6 Å². The van der Waals surface area contributed by atoms with Crippen molar-refractivity contribution in [2.75, 3.05) is 24.7 Å². The van der Waals surface area contributed by atoms with Gasteiger partial charge in [0.2, 0.25) is 0 Å². The minimum atomic E-state index is -0.370. The summed E-state index contributed by atoms with van der Waals surface area (Å²) in [4.78, 5) is 16.4. The summed E-state index contributed by atoms with van der Waals surface area (Å²) in [5.41, 5.74) is 10.3. The van der Waals surface area contributed by atoms with Crippen molar-refractivity contribution in [2.45, 2.75) is 13.8 Å². The quantitative estimate of drug-likeness (QED) is 0.667. The van der Waals surface area contributed by atoms with Crippen LogP contribution in [0.25, 0.3) is 11.3 Å². The summed E-state index contributed by atoms with van der Waals surface area (Å²) >= 11 is 0. The van der Waals surface area contributed by atoms with Gasteiger partial charge in [-0.2, -0.15) is 0 Å². The molecule has 0 fully saturated rings. The van der Waals surface area contributed by atoms with Gasteiger partial charge >= 0.3 is 5.97 Å². The first-order valence-corrected chi connectivity index (χ1v) is 6.78. The van der Waals surface area contributed by atoms with Crippen LogP contribution in [0.4, 0.5) is 11.4 Å². The number of hydrogen-bond donors (Lipinski definition) is 2. The van der Waals surface area contributed by atoms with Crippen LogP contribution in [0, 0.1) is 6.92 Å². The maximum atomic E-state index is 12.0. The van der Waals surface area contributed by atoms with Gasteiger partial charge in [0, 0.05) is 18.3 Å². The van der Waals surface area contributed by atoms with Crippen LogP contribution in [0.3, 0.4) is 0 Å². The molecule has 1 aromatic heterocycles. The van der Waals surface area contributed by atoms with Gasteiger partial charge in [-0.3, -0.25) is 4.98 Å². The number of nitrogens with one attached hydrogen (secondary N) is 1. The van der Waals surface area contributed by atoms with Gasteiger partial charge in [0.05, 0.1) is 29.7 Å². The fourth-order valence-corrected chi connectivity index (χ4v) is 1.99. The molecule has 0 saturated heterocycles. The molecule has 0 spiro atoms. The van der Waals surface area contributed by atoms with Gasteiger partial charge < -0.3 is 15.8 Å². The summed E-state index contributed by atoms with van der Waals surface area (Å²) in [6.07, 6.45) is 1.62. The first-order valence-electron chi connectivity index (χ1n) is 6.78. The Hall–Kier alpha value is -2.56. The molecule has 5 nitrogen and oxygen atoms in total. The molecule has 0 atom stereocenters. The molecular formula is C16H19N3O2. The smallest absolute Gasteiger partial charge is 0.340 e. The molecule has 5 heteroatoms. The number of aryl methyl sites for hydroxylation is 1. The summed E-state index contributed by atoms with van der Waals surface area (Å²) in [5.74, 6) is -0.370. The molecule has 21 heavy (non-hydrogen) atoms. The van der Waals surface area contributed by atoms with Crippen molar-refractivity contribution in [2.24, 2.45) is 0 Å². The first kappa shape index (κ1) is 14.8. The van der Waals surface area contributed by atoms with E-state index in [2.05, 4.69) is 10.3 Å². The Morgan fingerprint density at radius 3 is 2.76 bits per heavy atom. The standard InChI is InChI=1S/C16H19N3O2/c1-4-21-16(20)12-8-14(19-9-15(12)18-3)11-6-5-10(2)13(17)7-11/h5-9,18H,4,17H2,1-3H3. The molecule has 3 N–H and O–H groups in total. The van der Waals surface area contributed by atoms with E-state index in [1.54, 1.807) is 26.2 Å².